The van der Waals surface area contributed by atoms with E-state index in [4.69, 9.17) is 4.74 Å². The molecule has 0 unspecified atom stereocenters. The summed E-state index contributed by atoms with van der Waals surface area (Å²) in [6.45, 7) is 5.75. The molecule has 0 spiro atoms. The molecule has 1 N–H and O–H groups in total. The molecule has 2 aliphatic rings. The number of allylic oxidation sites excluding steroid dienone is 2. The molecule has 1 amide bonds. The Morgan fingerprint density at radius 2 is 2.04 bits per heavy atom. The highest BCUT2D eigenvalue weighted by Crippen LogP contribution is 2.25. The van der Waals surface area contributed by atoms with Crippen molar-refractivity contribution in [2.24, 2.45) is 5.92 Å². The average molecular weight is 346 g/mol. The Morgan fingerprint density at radius 3 is 2.68 bits per heavy atom. The molecule has 1 saturated heterocycles. The predicted octanol–water partition coefficient (Wildman–Crippen LogP) is 3.41. The minimum absolute atomic E-state index is 0.0467. The summed E-state index contributed by atoms with van der Waals surface area (Å²) in [5.74, 6) is -0.135. The van der Waals surface area contributed by atoms with Gasteiger partial charge in [0.15, 0.2) is 0 Å². The number of anilines is 1. The number of morpholine rings is 1. The van der Waals surface area contributed by atoms with Gasteiger partial charge in [0.05, 0.1) is 17.9 Å². The van der Waals surface area contributed by atoms with Crippen LogP contribution in [-0.2, 0) is 16.1 Å². The summed E-state index contributed by atoms with van der Waals surface area (Å²) in [7, 11) is 0. The van der Waals surface area contributed by atoms with Gasteiger partial charge in [-0.05, 0) is 50.8 Å². The SMILES string of the molecule is C[C@@H]1CN(c2ccc(CNC(=O)[C@H]3CC=CCC3)cc2F)C[C@H](C)O1. The lowest BCUT2D eigenvalue weighted by Gasteiger charge is -2.37. The Balaban J connectivity index is 1.60. The van der Waals surface area contributed by atoms with Gasteiger partial charge in [0.25, 0.3) is 0 Å². The second-order valence-corrected chi connectivity index (χ2v) is 7.15. The first kappa shape index (κ1) is 17.9. The standard InChI is InChI=1S/C20H27FN2O2/c1-14-12-23(13-15(2)25-14)19-9-8-16(10-18(19)21)11-22-20(24)17-6-4-3-5-7-17/h3-4,8-10,14-15,17H,5-7,11-13H2,1-2H3,(H,22,24)/t14-,15+,17-/m0/s1. The number of rotatable bonds is 4. The van der Waals surface area contributed by atoms with Crippen LogP contribution in [0.1, 0.15) is 38.7 Å². The van der Waals surface area contributed by atoms with Crippen molar-refractivity contribution in [3.05, 3.63) is 41.7 Å². The maximum absolute atomic E-state index is 14.6. The van der Waals surface area contributed by atoms with Gasteiger partial charge in [-0.1, -0.05) is 18.2 Å². The summed E-state index contributed by atoms with van der Waals surface area (Å²) in [6.07, 6.45) is 7.00. The van der Waals surface area contributed by atoms with E-state index in [1.165, 1.54) is 6.07 Å². The molecule has 3 rings (SSSR count). The van der Waals surface area contributed by atoms with Gasteiger partial charge in [-0.3, -0.25) is 4.79 Å². The largest absolute Gasteiger partial charge is 0.372 e. The molecule has 0 saturated carbocycles. The fourth-order valence-electron chi connectivity index (χ4n) is 3.66. The first-order valence-electron chi connectivity index (χ1n) is 9.14. The minimum atomic E-state index is -0.242. The van der Waals surface area contributed by atoms with Gasteiger partial charge < -0.3 is 15.0 Å². The second kappa shape index (κ2) is 8.00. The molecule has 1 heterocycles. The minimum Gasteiger partial charge on any atom is -0.372 e. The zero-order chi connectivity index (χ0) is 17.8. The molecule has 1 aromatic rings. The van der Waals surface area contributed by atoms with Crippen molar-refractivity contribution in [3.8, 4) is 0 Å². The first-order chi connectivity index (χ1) is 12.0. The lowest BCUT2D eigenvalue weighted by Crippen LogP contribution is -2.45. The fraction of sp³-hybridized carbons (Fsp3) is 0.550. The molecule has 0 bridgehead atoms. The van der Waals surface area contributed by atoms with Crippen molar-refractivity contribution in [1.82, 2.24) is 5.32 Å². The number of carbonyl (C=O) groups is 1. The second-order valence-electron chi connectivity index (χ2n) is 7.15. The van der Waals surface area contributed by atoms with Gasteiger partial charge in [-0.2, -0.15) is 0 Å². The third-order valence-electron chi connectivity index (χ3n) is 4.88. The molecule has 1 aliphatic heterocycles. The van der Waals surface area contributed by atoms with Gasteiger partial charge in [0, 0.05) is 25.6 Å². The van der Waals surface area contributed by atoms with Crippen LogP contribution in [0.25, 0.3) is 0 Å². The Bertz CT molecular complexity index is 637. The molecule has 0 radical (unpaired) electrons. The summed E-state index contributed by atoms with van der Waals surface area (Å²) in [4.78, 5) is 14.2. The van der Waals surface area contributed by atoms with E-state index in [0.717, 1.165) is 24.8 Å². The Kier molecular flexibility index (Phi) is 5.74. The number of halogens is 1. The first-order valence-corrected chi connectivity index (χ1v) is 9.14. The predicted molar refractivity (Wildman–Crippen MR) is 96.9 cm³/mol. The van der Waals surface area contributed by atoms with E-state index in [-0.39, 0.29) is 29.9 Å². The third-order valence-corrected chi connectivity index (χ3v) is 4.88. The molecule has 1 fully saturated rings. The summed E-state index contributed by atoms with van der Waals surface area (Å²) in [6, 6.07) is 5.23. The Morgan fingerprint density at radius 1 is 1.28 bits per heavy atom. The van der Waals surface area contributed by atoms with E-state index in [1.807, 2.05) is 30.9 Å². The zero-order valence-electron chi connectivity index (χ0n) is 15.0. The number of nitrogens with zero attached hydrogens (tertiary/aromatic N) is 1. The smallest absolute Gasteiger partial charge is 0.223 e. The highest BCUT2D eigenvalue weighted by molar-refractivity contribution is 5.79. The van der Waals surface area contributed by atoms with Crippen LogP contribution in [-0.4, -0.2) is 31.2 Å². The number of carbonyl (C=O) groups excluding carboxylic acids is 1. The summed E-state index contributed by atoms with van der Waals surface area (Å²) in [5, 5.41) is 2.94. The highest BCUT2D eigenvalue weighted by Gasteiger charge is 2.24. The molecule has 0 aromatic heterocycles. The molecule has 5 heteroatoms. The molecular weight excluding hydrogens is 319 g/mol. The third kappa shape index (κ3) is 4.60. The number of nitrogens with one attached hydrogen (secondary N) is 1. The van der Waals surface area contributed by atoms with E-state index < -0.39 is 0 Å². The zero-order valence-corrected chi connectivity index (χ0v) is 15.0. The van der Waals surface area contributed by atoms with Crippen molar-refractivity contribution in [2.75, 3.05) is 18.0 Å². The number of hydrogen-bond donors (Lipinski definition) is 1. The van der Waals surface area contributed by atoms with E-state index in [9.17, 15) is 9.18 Å². The Labute approximate surface area is 149 Å². The monoisotopic (exact) mass is 346 g/mol. The summed E-state index contributed by atoms with van der Waals surface area (Å²) >= 11 is 0. The van der Waals surface area contributed by atoms with Crippen LogP contribution in [0, 0.1) is 11.7 Å². The van der Waals surface area contributed by atoms with E-state index in [2.05, 4.69) is 17.5 Å². The van der Waals surface area contributed by atoms with Crippen molar-refractivity contribution in [1.29, 1.82) is 0 Å². The Hall–Kier alpha value is -1.88. The number of hydrogen-bond acceptors (Lipinski definition) is 3. The van der Waals surface area contributed by atoms with Crippen LogP contribution in [0.2, 0.25) is 0 Å². The van der Waals surface area contributed by atoms with Crippen molar-refractivity contribution in [3.63, 3.8) is 0 Å². The van der Waals surface area contributed by atoms with Crippen LogP contribution < -0.4 is 10.2 Å². The maximum atomic E-state index is 14.6. The quantitative estimate of drug-likeness (QED) is 0.850. The van der Waals surface area contributed by atoms with Crippen molar-refractivity contribution in [2.45, 2.75) is 51.9 Å². The lowest BCUT2D eigenvalue weighted by molar-refractivity contribution is -0.125. The molecule has 4 nitrogen and oxygen atoms in total. The van der Waals surface area contributed by atoms with Crippen molar-refractivity contribution >= 4 is 11.6 Å². The summed E-state index contributed by atoms with van der Waals surface area (Å²) < 4.78 is 20.3. The van der Waals surface area contributed by atoms with Crippen LogP contribution in [0.5, 0.6) is 0 Å². The van der Waals surface area contributed by atoms with E-state index in [0.29, 0.717) is 25.3 Å². The van der Waals surface area contributed by atoms with Gasteiger partial charge in [-0.25, -0.2) is 4.39 Å². The summed E-state index contributed by atoms with van der Waals surface area (Å²) in [5.41, 5.74) is 1.39. The molecule has 1 aromatic carbocycles. The molecule has 1 aliphatic carbocycles. The lowest BCUT2D eigenvalue weighted by atomic mass is 9.93. The van der Waals surface area contributed by atoms with Crippen LogP contribution in [0.4, 0.5) is 10.1 Å². The van der Waals surface area contributed by atoms with Crippen LogP contribution in [0.3, 0.4) is 0 Å². The topological polar surface area (TPSA) is 41.6 Å². The molecule has 25 heavy (non-hydrogen) atoms. The fourth-order valence-corrected chi connectivity index (χ4v) is 3.66. The molecule has 136 valence electrons. The highest BCUT2D eigenvalue weighted by atomic mass is 19.1. The van der Waals surface area contributed by atoms with Gasteiger partial charge in [0.1, 0.15) is 5.82 Å². The van der Waals surface area contributed by atoms with E-state index in [1.54, 1.807) is 0 Å². The van der Waals surface area contributed by atoms with Crippen molar-refractivity contribution < 1.29 is 13.9 Å². The molecule has 3 atom stereocenters. The van der Waals surface area contributed by atoms with Gasteiger partial charge in [0.2, 0.25) is 5.91 Å². The average Bonchev–Trinajstić information content (AvgIpc) is 2.59. The van der Waals surface area contributed by atoms with E-state index >= 15 is 0 Å². The van der Waals surface area contributed by atoms with Gasteiger partial charge in [-0.15, -0.1) is 0 Å². The van der Waals surface area contributed by atoms with Gasteiger partial charge >= 0.3 is 0 Å². The molecular formula is C20H27FN2O2. The normalized spacial score (nSPS) is 26.5. The maximum Gasteiger partial charge on any atom is 0.223 e. The van der Waals surface area contributed by atoms with Crippen LogP contribution >= 0.6 is 0 Å². The number of ether oxygens (including phenoxy) is 1. The number of amides is 1. The van der Waals surface area contributed by atoms with Crippen LogP contribution in [0.15, 0.2) is 30.4 Å². The number of benzene rings is 1.